The minimum Gasteiger partial charge on any atom is -0.495 e. The summed E-state index contributed by atoms with van der Waals surface area (Å²) in [7, 11) is -2.47. The van der Waals surface area contributed by atoms with Crippen LogP contribution in [0.3, 0.4) is 0 Å². The van der Waals surface area contributed by atoms with Gasteiger partial charge in [0.25, 0.3) is 0 Å². The molecule has 2 rings (SSSR count). The number of hydrogen-bond donors (Lipinski definition) is 2. The Morgan fingerprint density at radius 1 is 1.43 bits per heavy atom. The first-order valence-electron chi connectivity index (χ1n) is 7.12. The second kappa shape index (κ2) is 6.18. The lowest BCUT2D eigenvalue weighted by atomic mass is 10.0. The molecule has 1 aromatic carbocycles. The molecule has 1 aromatic rings. The van der Waals surface area contributed by atoms with Gasteiger partial charge in [0, 0.05) is 6.92 Å². The van der Waals surface area contributed by atoms with Gasteiger partial charge in [-0.15, -0.1) is 0 Å². The molecule has 1 aliphatic carbocycles. The second-order valence-electron chi connectivity index (χ2n) is 5.74. The fraction of sp³-hybridized carbons (Fsp3) is 0.467. The van der Waals surface area contributed by atoms with Crippen LogP contribution < -0.4 is 14.8 Å². The average molecular weight is 337 g/mol. The number of hydrogen-bond acceptors (Lipinski definition) is 5. The van der Waals surface area contributed by atoms with E-state index in [0.29, 0.717) is 5.75 Å². The van der Waals surface area contributed by atoms with Crippen LogP contribution in [0.25, 0.3) is 0 Å². The minimum atomic E-state index is -3.90. The topological polar surface area (TPSA) is 108 Å². The molecule has 0 radical (unpaired) electrons. The van der Waals surface area contributed by atoms with Crippen molar-refractivity contribution < 1.29 is 17.9 Å². The molecule has 0 heterocycles. The Labute approximate surface area is 135 Å². The number of carbonyl (C=O) groups is 1. The van der Waals surface area contributed by atoms with Gasteiger partial charge in [0.1, 0.15) is 11.3 Å². The summed E-state index contributed by atoms with van der Waals surface area (Å²) >= 11 is 0. The first-order chi connectivity index (χ1) is 10.7. The molecule has 0 aromatic heterocycles. The Morgan fingerprint density at radius 2 is 2.09 bits per heavy atom. The quantitative estimate of drug-likeness (QED) is 0.820. The number of amides is 1. The number of nitriles is 1. The fourth-order valence-corrected chi connectivity index (χ4v) is 3.75. The van der Waals surface area contributed by atoms with Crippen molar-refractivity contribution in [3.8, 4) is 11.8 Å². The van der Waals surface area contributed by atoms with Crippen LogP contribution in [0.15, 0.2) is 23.1 Å². The van der Waals surface area contributed by atoms with Crippen molar-refractivity contribution in [1.29, 1.82) is 5.26 Å². The molecule has 0 aliphatic heterocycles. The molecule has 0 spiro atoms. The molecule has 1 atom stereocenters. The standard InChI is InChI=1S/C15H19N3O4S/c1-10(19)17-13-8-12(6-7-14(13)22-3)23(20,21)18-15(2,9-16)11-4-5-11/h6-8,11,18H,4-5H2,1-3H3,(H,17,19)/t15-/m1/s1. The van der Waals surface area contributed by atoms with Gasteiger partial charge in [-0.3, -0.25) is 4.79 Å². The Bertz CT molecular complexity index is 765. The summed E-state index contributed by atoms with van der Waals surface area (Å²) in [6.07, 6.45) is 1.65. The van der Waals surface area contributed by atoms with E-state index < -0.39 is 15.6 Å². The Morgan fingerprint density at radius 3 is 2.57 bits per heavy atom. The maximum Gasteiger partial charge on any atom is 0.242 e. The lowest BCUT2D eigenvalue weighted by Gasteiger charge is -2.23. The molecule has 1 saturated carbocycles. The van der Waals surface area contributed by atoms with Crippen LogP contribution in [0.4, 0.5) is 5.69 Å². The van der Waals surface area contributed by atoms with E-state index in [1.165, 1.54) is 32.2 Å². The number of ether oxygens (including phenoxy) is 1. The number of nitrogens with one attached hydrogen (secondary N) is 2. The van der Waals surface area contributed by atoms with E-state index in [1.807, 2.05) is 0 Å². The third kappa shape index (κ3) is 3.81. The summed E-state index contributed by atoms with van der Waals surface area (Å²) in [5.74, 6) is 0.0328. The van der Waals surface area contributed by atoms with Crippen molar-refractivity contribution in [2.45, 2.75) is 37.1 Å². The first-order valence-corrected chi connectivity index (χ1v) is 8.61. The van der Waals surface area contributed by atoms with Crippen LogP contribution in [-0.4, -0.2) is 27.0 Å². The average Bonchev–Trinajstić information content (AvgIpc) is 3.31. The molecule has 7 nitrogen and oxygen atoms in total. The molecule has 23 heavy (non-hydrogen) atoms. The molecule has 2 N–H and O–H groups in total. The minimum absolute atomic E-state index is 0.0235. The second-order valence-corrected chi connectivity index (χ2v) is 7.42. The maximum atomic E-state index is 12.6. The van der Waals surface area contributed by atoms with E-state index in [1.54, 1.807) is 6.92 Å². The summed E-state index contributed by atoms with van der Waals surface area (Å²) in [5, 5.41) is 11.8. The van der Waals surface area contributed by atoms with Gasteiger partial charge in [0.15, 0.2) is 0 Å². The van der Waals surface area contributed by atoms with Gasteiger partial charge >= 0.3 is 0 Å². The smallest absolute Gasteiger partial charge is 0.242 e. The predicted molar refractivity (Wildman–Crippen MR) is 84.4 cm³/mol. The highest BCUT2D eigenvalue weighted by atomic mass is 32.2. The fourth-order valence-electron chi connectivity index (χ4n) is 2.34. The van der Waals surface area contributed by atoms with E-state index in [2.05, 4.69) is 16.1 Å². The molecular formula is C15H19N3O4S. The van der Waals surface area contributed by atoms with Crippen molar-refractivity contribution in [1.82, 2.24) is 4.72 Å². The van der Waals surface area contributed by atoms with Crippen LogP contribution in [0.5, 0.6) is 5.75 Å². The Hall–Kier alpha value is -2.11. The van der Waals surface area contributed by atoms with Crippen molar-refractivity contribution in [2.75, 3.05) is 12.4 Å². The van der Waals surface area contributed by atoms with Gasteiger partial charge in [-0.1, -0.05) is 0 Å². The maximum absolute atomic E-state index is 12.6. The molecule has 1 amide bonds. The number of nitrogens with zero attached hydrogens (tertiary/aromatic N) is 1. The summed E-state index contributed by atoms with van der Waals surface area (Å²) in [6, 6.07) is 6.19. The first kappa shape index (κ1) is 17.2. The normalized spacial score (nSPS) is 17.0. The highest BCUT2D eigenvalue weighted by molar-refractivity contribution is 7.89. The third-order valence-electron chi connectivity index (χ3n) is 3.76. The molecule has 0 saturated heterocycles. The number of benzene rings is 1. The Balaban J connectivity index is 2.36. The zero-order valence-electron chi connectivity index (χ0n) is 13.2. The van der Waals surface area contributed by atoms with Crippen LogP contribution in [-0.2, 0) is 14.8 Å². The summed E-state index contributed by atoms with van der Waals surface area (Å²) < 4.78 is 32.7. The van der Waals surface area contributed by atoms with E-state index in [9.17, 15) is 18.5 Å². The van der Waals surface area contributed by atoms with Crippen LogP contribution in [0, 0.1) is 17.2 Å². The highest BCUT2D eigenvalue weighted by Crippen LogP contribution is 2.40. The van der Waals surface area contributed by atoms with E-state index >= 15 is 0 Å². The molecule has 124 valence electrons. The SMILES string of the molecule is COc1ccc(S(=O)(=O)N[C@](C)(C#N)C2CC2)cc1NC(C)=O. The lowest BCUT2D eigenvalue weighted by Crippen LogP contribution is -2.46. The number of methoxy groups -OCH3 is 1. The molecule has 1 aliphatic rings. The zero-order valence-corrected chi connectivity index (χ0v) is 14.0. The van der Waals surface area contributed by atoms with E-state index in [4.69, 9.17) is 4.74 Å². The zero-order chi connectivity index (χ0) is 17.3. The molecule has 0 unspecified atom stereocenters. The van der Waals surface area contributed by atoms with Gasteiger partial charge in [0.2, 0.25) is 15.9 Å². The predicted octanol–water partition coefficient (Wildman–Crippen LogP) is 1.62. The van der Waals surface area contributed by atoms with Crippen molar-refractivity contribution >= 4 is 21.6 Å². The largest absolute Gasteiger partial charge is 0.495 e. The summed E-state index contributed by atoms with van der Waals surface area (Å²) in [6.45, 7) is 2.90. The molecule has 0 bridgehead atoms. The number of sulfonamides is 1. The van der Waals surface area contributed by atoms with Gasteiger partial charge in [-0.05, 0) is 43.9 Å². The number of rotatable bonds is 6. The monoisotopic (exact) mass is 337 g/mol. The number of anilines is 1. The van der Waals surface area contributed by atoms with Gasteiger partial charge < -0.3 is 10.1 Å². The van der Waals surface area contributed by atoms with Crippen LogP contribution in [0.1, 0.15) is 26.7 Å². The highest BCUT2D eigenvalue weighted by Gasteiger charge is 2.44. The third-order valence-corrected chi connectivity index (χ3v) is 5.33. The van der Waals surface area contributed by atoms with Crippen molar-refractivity contribution in [3.05, 3.63) is 18.2 Å². The van der Waals surface area contributed by atoms with E-state index in [0.717, 1.165) is 12.8 Å². The van der Waals surface area contributed by atoms with Crippen LogP contribution in [0.2, 0.25) is 0 Å². The van der Waals surface area contributed by atoms with Gasteiger partial charge in [-0.2, -0.15) is 9.98 Å². The molecule has 1 fully saturated rings. The number of carbonyl (C=O) groups excluding carboxylic acids is 1. The van der Waals surface area contributed by atoms with Crippen molar-refractivity contribution in [2.24, 2.45) is 5.92 Å². The van der Waals surface area contributed by atoms with Gasteiger partial charge in [-0.25, -0.2) is 8.42 Å². The van der Waals surface area contributed by atoms with Crippen molar-refractivity contribution in [3.63, 3.8) is 0 Å². The van der Waals surface area contributed by atoms with E-state index in [-0.39, 0.29) is 22.4 Å². The molecular weight excluding hydrogens is 318 g/mol. The van der Waals surface area contributed by atoms with Gasteiger partial charge in [0.05, 0.1) is 23.8 Å². The van der Waals surface area contributed by atoms with Crippen LogP contribution >= 0.6 is 0 Å². The Kier molecular flexibility index (Phi) is 4.63. The summed E-state index contributed by atoms with van der Waals surface area (Å²) in [4.78, 5) is 11.2. The molecule has 8 heteroatoms. The lowest BCUT2D eigenvalue weighted by molar-refractivity contribution is -0.114. The summed E-state index contributed by atoms with van der Waals surface area (Å²) in [5.41, 5.74) is -0.875.